The topological polar surface area (TPSA) is 41.1 Å². The summed E-state index contributed by atoms with van der Waals surface area (Å²) < 4.78 is 13.1. The number of anilines is 1. The molecule has 3 aromatic rings. The van der Waals surface area contributed by atoms with Crippen molar-refractivity contribution in [3.05, 3.63) is 107 Å². The Hall–Kier alpha value is -2.76. The lowest BCUT2D eigenvalue weighted by atomic mass is 10.1. The molecule has 148 valence electrons. The summed E-state index contributed by atoms with van der Waals surface area (Å²) in [7, 11) is -1.22. The molecule has 0 fully saturated rings. The van der Waals surface area contributed by atoms with E-state index in [1.54, 1.807) is 6.20 Å². The average Bonchev–Trinajstić information content (AvgIpc) is 2.72. The summed E-state index contributed by atoms with van der Waals surface area (Å²) in [4.78, 5) is 0.708. The van der Waals surface area contributed by atoms with E-state index < -0.39 is 10.8 Å². The van der Waals surface area contributed by atoms with Gasteiger partial charge in [-0.05, 0) is 48.8 Å². The normalized spacial score (nSPS) is 12.3. The third kappa shape index (κ3) is 6.11. The van der Waals surface area contributed by atoms with Crippen LogP contribution >= 0.6 is 12.2 Å². The van der Waals surface area contributed by atoms with Gasteiger partial charge in [0.15, 0.2) is 5.11 Å². The Kier molecular flexibility index (Phi) is 7.33. The van der Waals surface area contributed by atoms with Crippen LogP contribution in [0.5, 0.6) is 0 Å². The third-order valence-corrected chi connectivity index (χ3v) is 6.07. The van der Waals surface area contributed by atoms with Crippen molar-refractivity contribution in [1.29, 1.82) is 0 Å². The van der Waals surface area contributed by atoms with Crippen molar-refractivity contribution in [2.75, 3.05) is 5.32 Å². The van der Waals surface area contributed by atoms with Gasteiger partial charge >= 0.3 is 0 Å². The molecule has 0 spiro atoms. The van der Waals surface area contributed by atoms with Crippen LogP contribution in [0.2, 0.25) is 0 Å². The fourth-order valence-electron chi connectivity index (χ4n) is 2.93. The van der Waals surface area contributed by atoms with Crippen molar-refractivity contribution in [1.82, 2.24) is 5.32 Å². The summed E-state index contributed by atoms with van der Waals surface area (Å²) in [5, 5.41) is 6.77. The highest BCUT2D eigenvalue weighted by Gasteiger charge is 2.12. The summed E-state index contributed by atoms with van der Waals surface area (Å²) in [6, 6.07) is 25.7. The number of hydrogen-bond acceptors (Lipinski definition) is 2. The molecule has 5 heteroatoms. The fourth-order valence-corrected chi connectivity index (χ4v) is 4.34. The molecule has 0 saturated carbocycles. The molecule has 0 radical (unpaired) electrons. The molecule has 29 heavy (non-hydrogen) atoms. The van der Waals surface area contributed by atoms with Crippen LogP contribution in [0.15, 0.2) is 85.1 Å². The van der Waals surface area contributed by atoms with Gasteiger partial charge < -0.3 is 10.6 Å². The van der Waals surface area contributed by atoms with E-state index >= 15 is 0 Å². The molecule has 0 bridgehead atoms. The molecule has 0 saturated heterocycles. The van der Waals surface area contributed by atoms with Gasteiger partial charge in [0.05, 0.1) is 21.5 Å². The van der Waals surface area contributed by atoms with E-state index in [1.807, 2.05) is 79.7 Å². The van der Waals surface area contributed by atoms with Crippen LogP contribution in [0.4, 0.5) is 5.69 Å². The fraction of sp³-hybridized carbons (Fsp3) is 0.125. The Morgan fingerprint density at radius 2 is 1.62 bits per heavy atom. The first-order chi connectivity index (χ1) is 14.0. The lowest BCUT2D eigenvalue weighted by molar-refractivity contribution is 0.688. The summed E-state index contributed by atoms with van der Waals surface area (Å²) in [5.41, 5.74) is 5.21. The molecule has 3 aromatic carbocycles. The molecular formula is C24H24N2OS2. The zero-order chi connectivity index (χ0) is 20.6. The minimum Gasteiger partial charge on any atom is -0.338 e. The van der Waals surface area contributed by atoms with Crippen LogP contribution in [0.3, 0.4) is 0 Å². The second-order valence-corrected chi connectivity index (χ2v) is 8.59. The van der Waals surface area contributed by atoms with Gasteiger partial charge in [-0.2, -0.15) is 0 Å². The van der Waals surface area contributed by atoms with Crippen LogP contribution in [-0.4, -0.2) is 9.32 Å². The molecule has 0 amide bonds. The highest BCUT2D eigenvalue weighted by molar-refractivity contribution is 7.93. The smallest absolute Gasteiger partial charge is 0.174 e. The van der Waals surface area contributed by atoms with Gasteiger partial charge in [0.25, 0.3) is 0 Å². The average molecular weight is 421 g/mol. The van der Waals surface area contributed by atoms with Crippen molar-refractivity contribution >= 4 is 38.7 Å². The van der Waals surface area contributed by atoms with E-state index in [1.165, 1.54) is 5.56 Å². The van der Waals surface area contributed by atoms with E-state index in [0.717, 1.165) is 22.4 Å². The predicted molar refractivity (Wildman–Crippen MR) is 128 cm³/mol. The number of benzene rings is 3. The zero-order valence-corrected chi connectivity index (χ0v) is 18.1. The molecule has 0 aromatic heterocycles. The summed E-state index contributed by atoms with van der Waals surface area (Å²) in [6.07, 6.45) is 1.74. The monoisotopic (exact) mass is 420 g/mol. The Balaban J connectivity index is 1.77. The van der Waals surface area contributed by atoms with Crippen LogP contribution in [0, 0.1) is 13.8 Å². The summed E-state index contributed by atoms with van der Waals surface area (Å²) in [5.74, 6) is 0.445. The van der Waals surface area contributed by atoms with Crippen LogP contribution in [-0.2, 0) is 16.6 Å². The van der Waals surface area contributed by atoms with Crippen LogP contribution < -0.4 is 10.6 Å². The molecule has 0 heterocycles. The Morgan fingerprint density at radius 3 is 2.28 bits per heavy atom. The standard InChI is InChI=1S/C24H24N2OS2/c1-18-13-14-22(19(2)15-18)26-24(28)25-16-23(21-11-7-4-8-12-21)29(27)17-20-9-5-3-6-10-20/h3-16H,17H2,1-2H3,(H2,25,26,28)/b23-16-. The van der Waals surface area contributed by atoms with Gasteiger partial charge in [-0.25, -0.2) is 0 Å². The van der Waals surface area contributed by atoms with Crippen molar-refractivity contribution in [3.8, 4) is 0 Å². The van der Waals surface area contributed by atoms with Gasteiger partial charge in [0.1, 0.15) is 0 Å². The Bertz CT molecular complexity index is 1030. The molecule has 1 unspecified atom stereocenters. The molecule has 0 aliphatic heterocycles. The second-order valence-electron chi connectivity index (χ2n) is 6.77. The number of rotatable bonds is 6. The van der Waals surface area contributed by atoms with Crippen LogP contribution in [0.1, 0.15) is 22.3 Å². The number of hydrogen-bond donors (Lipinski definition) is 2. The molecule has 0 aliphatic rings. The Morgan fingerprint density at radius 1 is 0.966 bits per heavy atom. The van der Waals surface area contributed by atoms with Gasteiger partial charge in [-0.15, -0.1) is 0 Å². The van der Waals surface area contributed by atoms with E-state index in [2.05, 4.69) is 23.6 Å². The molecule has 2 N–H and O–H groups in total. The first-order valence-electron chi connectivity index (χ1n) is 9.35. The highest BCUT2D eigenvalue weighted by atomic mass is 32.2. The van der Waals surface area contributed by atoms with E-state index in [-0.39, 0.29) is 0 Å². The lowest BCUT2D eigenvalue weighted by Crippen LogP contribution is -2.24. The van der Waals surface area contributed by atoms with Gasteiger partial charge in [0, 0.05) is 11.9 Å². The van der Waals surface area contributed by atoms with Crippen molar-refractivity contribution in [3.63, 3.8) is 0 Å². The first kappa shape index (κ1) is 21.0. The highest BCUT2D eigenvalue weighted by Crippen LogP contribution is 2.21. The van der Waals surface area contributed by atoms with Gasteiger partial charge in [-0.3, -0.25) is 4.21 Å². The maximum absolute atomic E-state index is 13.1. The van der Waals surface area contributed by atoms with Crippen LogP contribution in [0.25, 0.3) is 4.91 Å². The first-order valence-corrected chi connectivity index (χ1v) is 11.1. The van der Waals surface area contributed by atoms with Gasteiger partial charge in [-0.1, -0.05) is 78.4 Å². The predicted octanol–water partition coefficient (Wildman–Crippen LogP) is 5.54. The molecule has 1 atom stereocenters. The van der Waals surface area contributed by atoms with E-state index in [0.29, 0.717) is 15.8 Å². The minimum absolute atomic E-state index is 0.445. The molecular weight excluding hydrogens is 396 g/mol. The zero-order valence-electron chi connectivity index (χ0n) is 16.5. The van der Waals surface area contributed by atoms with E-state index in [9.17, 15) is 4.21 Å². The third-order valence-electron chi connectivity index (χ3n) is 4.41. The van der Waals surface area contributed by atoms with Gasteiger partial charge in [0.2, 0.25) is 0 Å². The molecule has 3 rings (SSSR count). The molecule has 0 aliphatic carbocycles. The second kappa shape index (κ2) is 10.1. The van der Waals surface area contributed by atoms with Crippen molar-refractivity contribution in [2.24, 2.45) is 0 Å². The number of aryl methyl sites for hydroxylation is 2. The minimum atomic E-state index is -1.22. The maximum Gasteiger partial charge on any atom is 0.174 e. The maximum atomic E-state index is 13.1. The van der Waals surface area contributed by atoms with Crippen molar-refractivity contribution in [2.45, 2.75) is 19.6 Å². The quantitative estimate of drug-likeness (QED) is 0.514. The van der Waals surface area contributed by atoms with Crippen molar-refractivity contribution < 1.29 is 4.21 Å². The largest absolute Gasteiger partial charge is 0.338 e. The SMILES string of the molecule is Cc1ccc(NC(=S)N/C=C(/c2ccccc2)S(=O)Cc2ccccc2)c(C)c1. The lowest BCUT2D eigenvalue weighted by Gasteiger charge is -2.13. The number of thiocarbonyl (C=S) groups is 1. The summed E-state index contributed by atoms with van der Waals surface area (Å²) >= 11 is 5.45. The number of nitrogens with one attached hydrogen (secondary N) is 2. The summed E-state index contributed by atoms with van der Waals surface area (Å²) in [6.45, 7) is 4.10. The Labute approximate surface area is 180 Å². The van der Waals surface area contributed by atoms with E-state index in [4.69, 9.17) is 12.2 Å². The molecule has 3 nitrogen and oxygen atoms in total.